The molecule has 2 saturated heterocycles. The Hall–Kier alpha value is -1.63. The van der Waals surface area contributed by atoms with E-state index in [2.05, 4.69) is 25.2 Å². The van der Waals surface area contributed by atoms with Crippen LogP contribution in [0.2, 0.25) is 0 Å². The zero-order chi connectivity index (χ0) is 13.2. The molecule has 1 aromatic heterocycles. The van der Waals surface area contributed by atoms with Gasteiger partial charge < -0.3 is 19.7 Å². The number of ether oxygens (including phenoxy) is 2. The SMILES string of the molecule is COc1nc(OC)nc(N2CCC3CCC(C2)N3)n1. The van der Waals surface area contributed by atoms with Gasteiger partial charge in [0.25, 0.3) is 0 Å². The Balaban J connectivity index is 1.84. The minimum Gasteiger partial charge on any atom is -0.467 e. The summed E-state index contributed by atoms with van der Waals surface area (Å²) in [5.41, 5.74) is 0. The van der Waals surface area contributed by atoms with Crippen molar-refractivity contribution in [3.8, 4) is 12.0 Å². The second kappa shape index (κ2) is 5.16. The maximum absolute atomic E-state index is 5.10. The third-order valence-electron chi connectivity index (χ3n) is 3.75. The van der Waals surface area contributed by atoms with Crippen molar-refractivity contribution >= 4 is 5.95 Å². The Kier molecular flexibility index (Phi) is 3.37. The van der Waals surface area contributed by atoms with Gasteiger partial charge in [-0.25, -0.2) is 0 Å². The van der Waals surface area contributed by atoms with Gasteiger partial charge in [0.05, 0.1) is 14.2 Å². The van der Waals surface area contributed by atoms with E-state index in [0.717, 1.165) is 19.5 Å². The first-order chi connectivity index (χ1) is 9.28. The van der Waals surface area contributed by atoms with Gasteiger partial charge in [-0.2, -0.15) is 9.97 Å². The lowest BCUT2D eigenvalue weighted by atomic mass is 10.1. The predicted octanol–water partition coefficient (Wildman–Crippen LogP) is 0.219. The van der Waals surface area contributed by atoms with Crippen LogP contribution in [0.1, 0.15) is 19.3 Å². The van der Waals surface area contributed by atoms with Crippen LogP contribution in [0.5, 0.6) is 12.0 Å². The van der Waals surface area contributed by atoms with Crippen LogP contribution in [0.25, 0.3) is 0 Å². The van der Waals surface area contributed by atoms with Crippen molar-refractivity contribution in [1.29, 1.82) is 0 Å². The molecule has 2 fully saturated rings. The van der Waals surface area contributed by atoms with E-state index in [1.165, 1.54) is 12.8 Å². The molecule has 0 aliphatic carbocycles. The van der Waals surface area contributed by atoms with Crippen LogP contribution in [0.4, 0.5) is 5.95 Å². The minimum atomic E-state index is 0.296. The molecule has 7 heteroatoms. The highest BCUT2D eigenvalue weighted by Crippen LogP contribution is 2.24. The third-order valence-corrected chi connectivity index (χ3v) is 3.75. The third kappa shape index (κ3) is 2.56. The molecule has 2 bridgehead atoms. The van der Waals surface area contributed by atoms with Crippen LogP contribution in [-0.4, -0.2) is 54.3 Å². The van der Waals surface area contributed by atoms with Crippen molar-refractivity contribution in [2.75, 3.05) is 32.2 Å². The number of rotatable bonds is 3. The van der Waals surface area contributed by atoms with Gasteiger partial charge in [0.2, 0.25) is 5.95 Å². The lowest BCUT2D eigenvalue weighted by molar-refractivity contribution is 0.339. The first kappa shape index (κ1) is 12.4. The normalized spacial score (nSPS) is 26.1. The number of anilines is 1. The van der Waals surface area contributed by atoms with E-state index in [-0.39, 0.29) is 0 Å². The highest BCUT2D eigenvalue weighted by molar-refractivity contribution is 5.33. The van der Waals surface area contributed by atoms with Gasteiger partial charge in [-0.15, -0.1) is 4.98 Å². The largest absolute Gasteiger partial charge is 0.467 e. The van der Waals surface area contributed by atoms with E-state index in [1.54, 1.807) is 14.2 Å². The molecule has 0 radical (unpaired) electrons. The van der Waals surface area contributed by atoms with Crippen molar-refractivity contribution in [2.45, 2.75) is 31.3 Å². The van der Waals surface area contributed by atoms with Gasteiger partial charge in [0.1, 0.15) is 0 Å². The first-order valence-electron chi connectivity index (χ1n) is 6.63. The number of fused-ring (bicyclic) bond motifs is 2. The van der Waals surface area contributed by atoms with Gasteiger partial charge >= 0.3 is 12.0 Å². The molecule has 2 unspecified atom stereocenters. The summed E-state index contributed by atoms with van der Waals surface area (Å²) in [6, 6.07) is 1.76. The number of hydrogen-bond donors (Lipinski definition) is 1. The highest BCUT2D eigenvalue weighted by Gasteiger charge is 2.30. The summed E-state index contributed by atoms with van der Waals surface area (Å²) in [5, 5.41) is 3.63. The van der Waals surface area contributed by atoms with E-state index in [1.807, 2.05) is 0 Å². The van der Waals surface area contributed by atoms with Crippen molar-refractivity contribution in [3.05, 3.63) is 0 Å². The molecule has 3 heterocycles. The van der Waals surface area contributed by atoms with Gasteiger partial charge in [-0.1, -0.05) is 0 Å². The monoisotopic (exact) mass is 265 g/mol. The zero-order valence-corrected chi connectivity index (χ0v) is 11.3. The number of hydrogen-bond acceptors (Lipinski definition) is 7. The molecular formula is C12H19N5O2. The van der Waals surface area contributed by atoms with Crippen LogP contribution >= 0.6 is 0 Å². The van der Waals surface area contributed by atoms with Crippen molar-refractivity contribution in [3.63, 3.8) is 0 Å². The number of nitrogens with one attached hydrogen (secondary N) is 1. The molecule has 1 N–H and O–H groups in total. The molecule has 0 saturated carbocycles. The summed E-state index contributed by atoms with van der Waals surface area (Å²) >= 11 is 0. The Morgan fingerprint density at radius 1 is 1.00 bits per heavy atom. The molecule has 19 heavy (non-hydrogen) atoms. The first-order valence-corrected chi connectivity index (χ1v) is 6.63. The fraction of sp³-hybridized carbons (Fsp3) is 0.750. The van der Waals surface area contributed by atoms with Crippen LogP contribution in [-0.2, 0) is 0 Å². The van der Waals surface area contributed by atoms with Gasteiger partial charge in [-0.3, -0.25) is 0 Å². The van der Waals surface area contributed by atoms with E-state index >= 15 is 0 Å². The average molecular weight is 265 g/mol. The van der Waals surface area contributed by atoms with Crippen LogP contribution < -0.4 is 19.7 Å². The summed E-state index contributed by atoms with van der Waals surface area (Å²) in [6.45, 7) is 1.87. The van der Waals surface area contributed by atoms with E-state index < -0.39 is 0 Å². The molecule has 0 amide bonds. The lowest BCUT2D eigenvalue weighted by Gasteiger charge is -2.24. The summed E-state index contributed by atoms with van der Waals surface area (Å²) in [7, 11) is 3.09. The second-order valence-corrected chi connectivity index (χ2v) is 4.98. The van der Waals surface area contributed by atoms with Crippen molar-refractivity contribution < 1.29 is 9.47 Å². The van der Waals surface area contributed by atoms with Gasteiger partial charge in [0.15, 0.2) is 0 Å². The number of nitrogens with zero attached hydrogens (tertiary/aromatic N) is 4. The molecule has 0 spiro atoms. The van der Waals surface area contributed by atoms with E-state index in [4.69, 9.17) is 9.47 Å². The van der Waals surface area contributed by atoms with Crippen molar-refractivity contribution in [2.24, 2.45) is 0 Å². The van der Waals surface area contributed by atoms with E-state index in [0.29, 0.717) is 30.1 Å². The number of aromatic nitrogens is 3. The molecule has 1 aromatic rings. The average Bonchev–Trinajstić information content (AvgIpc) is 2.77. The second-order valence-electron chi connectivity index (χ2n) is 4.98. The lowest BCUT2D eigenvalue weighted by Crippen LogP contribution is -2.36. The molecule has 2 aliphatic rings. The molecular weight excluding hydrogens is 246 g/mol. The molecule has 2 aliphatic heterocycles. The smallest absolute Gasteiger partial charge is 0.324 e. The highest BCUT2D eigenvalue weighted by atomic mass is 16.5. The quantitative estimate of drug-likeness (QED) is 0.838. The predicted molar refractivity (Wildman–Crippen MR) is 69.7 cm³/mol. The topological polar surface area (TPSA) is 72.4 Å². The molecule has 2 atom stereocenters. The summed E-state index contributed by atoms with van der Waals surface area (Å²) in [4.78, 5) is 14.9. The maximum Gasteiger partial charge on any atom is 0.324 e. The molecule has 0 aromatic carbocycles. The Morgan fingerprint density at radius 2 is 1.68 bits per heavy atom. The maximum atomic E-state index is 5.10. The summed E-state index contributed by atoms with van der Waals surface area (Å²) < 4.78 is 10.2. The Morgan fingerprint density at radius 3 is 2.37 bits per heavy atom. The summed E-state index contributed by atoms with van der Waals surface area (Å²) in [5.74, 6) is 0.637. The fourth-order valence-corrected chi connectivity index (χ4v) is 2.78. The molecule has 3 rings (SSSR count). The van der Waals surface area contributed by atoms with Crippen LogP contribution in [0.15, 0.2) is 0 Å². The van der Waals surface area contributed by atoms with Crippen LogP contribution in [0, 0.1) is 0 Å². The number of methoxy groups -OCH3 is 2. The van der Waals surface area contributed by atoms with E-state index in [9.17, 15) is 0 Å². The summed E-state index contributed by atoms with van der Waals surface area (Å²) in [6.07, 6.45) is 3.62. The Bertz CT molecular complexity index is 433. The standard InChI is InChI=1S/C12H19N5O2/c1-18-11-14-10(15-12(16-11)19-2)17-6-5-8-3-4-9(7-17)13-8/h8-9,13H,3-7H2,1-2H3. The zero-order valence-electron chi connectivity index (χ0n) is 11.3. The van der Waals surface area contributed by atoms with Crippen molar-refractivity contribution in [1.82, 2.24) is 20.3 Å². The minimum absolute atomic E-state index is 0.296. The fourth-order valence-electron chi connectivity index (χ4n) is 2.78. The molecule has 104 valence electrons. The molecule has 7 nitrogen and oxygen atoms in total. The Labute approximate surface area is 112 Å². The van der Waals surface area contributed by atoms with Gasteiger partial charge in [0, 0.05) is 25.2 Å². The van der Waals surface area contributed by atoms with Gasteiger partial charge in [-0.05, 0) is 19.3 Å². The van der Waals surface area contributed by atoms with Crippen LogP contribution in [0.3, 0.4) is 0 Å².